The van der Waals surface area contributed by atoms with Crippen molar-refractivity contribution in [1.29, 1.82) is 0 Å². The van der Waals surface area contributed by atoms with E-state index in [1.165, 1.54) is 36.0 Å². The molecule has 0 N–H and O–H groups in total. The second-order valence-electron chi connectivity index (χ2n) is 4.91. The van der Waals surface area contributed by atoms with E-state index in [0.717, 1.165) is 37.1 Å². The largest absolute Gasteiger partial charge is 0.293 e. The number of nitrogens with zero attached hydrogens (tertiary/aromatic N) is 3. The van der Waals surface area contributed by atoms with E-state index in [1.807, 2.05) is 0 Å². The van der Waals surface area contributed by atoms with Gasteiger partial charge in [0.15, 0.2) is 5.78 Å². The SMILES string of the molecule is O=C(CSc1nnc2c(n1)CCCC2)c1ccc(F)cc1. The zero-order valence-corrected chi connectivity index (χ0v) is 12.2. The molecular weight excluding hydrogens is 289 g/mol. The predicted octanol–water partition coefficient (Wildman–Crippen LogP) is 2.86. The van der Waals surface area contributed by atoms with Crippen LogP contribution < -0.4 is 0 Å². The van der Waals surface area contributed by atoms with Crippen molar-refractivity contribution in [1.82, 2.24) is 15.2 Å². The molecule has 1 aromatic heterocycles. The Balaban J connectivity index is 1.64. The topological polar surface area (TPSA) is 55.7 Å². The Kier molecular flexibility index (Phi) is 4.24. The van der Waals surface area contributed by atoms with Crippen molar-refractivity contribution in [3.63, 3.8) is 0 Å². The minimum absolute atomic E-state index is 0.0682. The quantitative estimate of drug-likeness (QED) is 0.642. The second kappa shape index (κ2) is 6.30. The fraction of sp³-hybridized carbons (Fsp3) is 0.333. The van der Waals surface area contributed by atoms with Gasteiger partial charge in [-0.05, 0) is 49.9 Å². The molecule has 4 nitrogen and oxygen atoms in total. The zero-order chi connectivity index (χ0) is 14.7. The van der Waals surface area contributed by atoms with Gasteiger partial charge in [0.25, 0.3) is 0 Å². The Morgan fingerprint density at radius 2 is 1.81 bits per heavy atom. The Labute approximate surface area is 126 Å². The average molecular weight is 303 g/mol. The fourth-order valence-electron chi connectivity index (χ4n) is 2.25. The maximum absolute atomic E-state index is 12.8. The number of fused-ring (bicyclic) bond motifs is 1. The van der Waals surface area contributed by atoms with Crippen LogP contribution in [0, 0.1) is 5.82 Å². The molecule has 0 aliphatic heterocycles. The van der Waals surface area contributed by atoms with Gasteiger partial charge < -0.3 is 0 Å². The number of thioether (sulfide) groups is 1. The normalized spacial score (nSPS) is 13.8. The highest BCUT2D eigenvalue weighted by Gasteiger charge is 2.15. The van der Waals surface area contributed by atoms with Crippen molar-refractivity contribution in [2.75, 3.05) is 5.75 Å². The van der Waals surface area contributed by atoms with Crippen molar-refractivity contribution < 1.29 is 9.18 Å². The Bertz CT molecular complexity index is 660. The van der Waals surface area contributed by atoms with E-state index in [-0.39, 0.29) is 17.4 Å². The van der Waals surface area contributed by atoms with Gasteiger partial charge in [-0.15, -0.1) is 5.10 Å². The molecule has 0 radical (unpaired) electrons. The summed E-state index contributed by atoms with van der Waals surface area (Å²) in [5.74, 6) is -0.186. The molecule has 1 aliphatic rings. The van der Waals surface area contributed by atoms with Crippen LogP contribution in [0.2, 0.25) is 0 Å². The van der Waals surface area contributed by atoms with Crippen LogP contribution in [0.3, 0.4) is 0 Å². The first-order chi connectivity index (χ1) is 10.2. The molecule has 2 aromatic rings. The summed E-state index contributed by atoms with van der Waals surface area (Å²) in [4.78, 5) is 16.5. The number of aryl methyl sites for hydroxylation is 2. The van der Waals surface area contributed by atoms with E-state index < -0.39 is 0 Å². The first-order valence-electron chi connectivity index (χ1n) is 6.86. The molecule has 0 bridgehead atoms. The first kappa shape index (κ1) is 14.1. The van der Waals surface area contributed by atoms with Crippen molar-refractivity contribution in [2.24, 2.45) is 0 Å². The third-order valence-electron chi connectivity index (χ3n) is 3.40. The first-order valence-corrected chi connectivity index (χ1v) is 7.85. The maximum atomic E-state index is 12.8. The lowest BCUT2D eigenvalue weighted by Crippen LogP contribution is -2.11. The third-order valence-corrected chi connectivity index (χ3v) is 4.23. The van der Waals surface area contributed by atoms with Gasteiger partial charge in [-0.1, -0.05) is 11.8 Å². The number of ketones is 1. The molecule has 6 heteroatoms. The number of halogens is 1. The van der Waals surface area contributed by atoms with Gasteiger partial charge in [0.2, 0.25) is 5.16 Å². The van der Waals surface area contributed by atoms with Crippen LogP contribution >= 0.6 is 11.8 Å². The van der Waals surface area contributed by atoms with Crippen LogP contribution in [-0.4, -0.2) is 26.7 Å². The van der Waals surface area contributed by atoms with Crippen molar-refractivity contribution in [3.8, 4) is 0 Å². The molecule has 1 aromatic carbocycles. The number of aromatic nitrogens is 3. The Hall–Kier alpha value is -1.82. The number of Topliss-reactive ketones (excluding diaryl/α,β-unsaturated/α-hetero) is 1. The van der Waals surface area contributed by atoms with E-state index in [9.17, 15) is 9.18 Å². The Morgan fingerprint density at radius 3 is 2.57 bits per heavy atom. The molecule has 0 unspecified atom stereocenters. The van der Waals surface area contributed by atoms with Crippen molar-refractivity contribution >= 4 is 17.5 Å². The lowest BCUT2D eigenvalue weighted by Gasteiger charge is -2.12. The molecule has 1 aliphatic carbocycles. The summed E-state index contributed by atoms with van der Waals surface area (Å²) in [7, 11) is 0. The monoisotopic (exact) mass is 303 g/mol. The predicted molar refractivity (Wildman–Crippen MR) is 77.9 cm³/mol. The van der Waals surface area contributed by atoms with Crippen molar-refractivity contribution in [2.45, 2.75) is 30.8 Å². The van der Waals surface area contributed by atoms with Crippen LogP contribution in [0.1, 0.15) is 34.6 Å². The van der Waals surface area contributed by atoms with Crippen LogP contribution in [0.5, 0.6) is 0 Å². The number of carbonyl (C=O) groups excluding carboxylic acids is 1. The third kappa shape index (κ3) is 3.44. The maximum Gasteiger partial charge on any atom is 0.209 e. The average Bonchev–Trinajstić information content (AvgIpc) is 2.53. The molecule has 1 heterocycles. The van der Waals surface area contributed by atoms with Gasteiger partial charge in [-0.25, -0.2) is 9.37 Å². The molecule has 21 heavy (non-hydrogen) atoms. The van der Waals surface area contributed by atoms with E-state index in [4.69, 9.17) is 0 Å². The van der Waals surface area contributed by atoms with E-state index in [1.54, 1.807) is 0 Å². The molecule has 0 spiro atoms. The second-order valence-corrected chi connectivity index (χ2v) is 5.86. The lowest BCUT2D eigenvalue weighted by molar-refractivity contribution is 0.102. The number of benzene rings is 1. The van der Waals surface area contributed by atoms with E-state index in [0.29, 0.717) is 10.7 Å². The highest BCUT2D eigenvalue weighted by molar-refractivity contribution is 7.99. The van der Waals surface area contributed by atoms with E-state index in [2.05, 4.69) is 15.2 Å². The summed E-state index contributed by atoms with van der Waals surface area (Å²) in [6, 6.07) is 5.55. The van der Waals surface area contributed by atoms with Gasteiger partial charge in [-0.3, -0.25) is 4.79 Å². The number of hydrogen-bond donors (Lipinski definition) is 0. The standard InChI is InChI=1S/C15H14FN3OS/c16-11-7-5-10(6-8-11)14(20)9-21-15-17-12-3-1-2-4-13(12)18-19-15/h5-8H,1-4,9H2. The smallest absolute Gasteiger partial charge is 0.209 e. The zero-order valence-electron chi connectivity index (χ0n) is 11.4. The van der Waals surface area contributed by atoms with Crippen LogP contribution in [0.4, 0.5) is 4.39 Å². The number of carbonyl (C=O) groups is 1. The number of rotatable bonds is 4. The molecule has 3 rings (SSSR count). The Morgan fingerprint density at radius 1 is 1.10 bits per heavy atom. The van der Waals surface area contributed by atoms with E-state index >= 15 is 0 Å². The molecule has 108 valence electrons. The molecule has 0 amide bonds. The summed E-state index contributed by atoms with van der Waals surface area (Å²) >= 11 is 1.27. The van der Waals surface area contributed by atoms with Crippen LogP contribution in [0.15, 0.2) is 29.4 Å². The minimum Gasteiger partial charge on any atom is -0.293 e. The molecule has 0 atom stereocenters. The van der Waals surface area contributed by atoms with Gasteiger partial charge in [0.05, 0.1) is 17.1 Å². The van der Waals surface area contributed by atoms with Crippen LogP contribution in [0.25, 0.3) is 0 Å². The molecule has 0 fully saturated rings. The van der Waals surface area contributed by atoms with Crippen molar-refractivity contribution in [3.05, 3.63) is 47.0 Å². The molecular formula is C15H14FN3OS. The highest BCUT2D eigenvalue weighted by Crippen LogP contribution is 2.20. The van der Waals surface area contributed by atoms with Gasteiger partial charge in [-0.2, -0.15) is 5.10 Å². The minimum atomic E-state index is -0.346. The summed E-state index contributed by atoms with van der Waals surface area (Å²) in [6.45, 7) is 0. The summed E-state index contributed by atoms with van der Waals surface area (Å²) < 4.78 is 12.8. The van der Waals surface area contributed by atoms with Gasteiger partial charge in [0.1, 0.15) is 5.82 Å². The summed E-state index contributed by atoms with van der Waals surface area (Å²) in [6.07, 6.45) is 4.14. The summed E-state index contributed by atoms with van der Waals surface area (Å²) in [5, 5.41) is 8.78. The van der Waals surface area contributed by atoms with Crippen LogP contribution in [-0.2, 0) is 12.8 Å². The van der Waals surface area contributed by atoms with Gasteiger partial charge >= 0.3 is 0 Å². The highest BCUT2D eigenvalue weighted by atomic mass is 32.2. The van der Waals surface area contributed by atoms with Gasteiger partial charge in [0, 0.05) is 5.56 Å². The molecule has 0 saturated heterocycles. The summed E-state index contributed by atoms with van der Waals surface area (Å²) in [5.41, 5.74) is 2.48. The molecule has 0 saturated carbocycles. The fourth-order valence-corrected chi connectivity index (χ4v) is 2.95. The number of hydrogen-bond acceptors (Lipinski definition) is 5. The lowest BCUT2D eigenvalue weighted by atomic mass is 10.0.